The second-order valence-corrected chi connectivity index (χ2v) is 6.04. The highest BCUT2D eigenvalue weighted by atomic mass is 79.9. The van der Waals surface area contributed by atoms with Crippen molar-refractivity contribution in [2.24, 2.45) is 0 Å². The van der Waals surface area contributed by atoms with Crippen LogP contribution in [-0.4, -0.2) is 23.0 Å². The van der Waals surface area contributed by atoms with Crippen LogP contribution in [0.15, 0.2) is 34.2 Å². The van der Waals surface area contributed by atoms with E-state index >= 15 is 0 Å². The van der Waals surface area contributed by atoms with E-state index in [1.807, 2.05) is 6.07 Å². The second kappa shape index (κ2) is 5.34. The average molecular weight is 353 g/mol. The summed E-state index contributed by atoms with van der Waals surface area (Å²) in [7, 11) is 0. The molecule has 0 bridgehead atoms. The number of amides is 1. The van der Waals surface area contributed by atoms with Crippen molar-refractivity contribution in [1.29, 1.82) is 0 Å². The van der Waals surface area contributed by atoms with Crippen molar-refractivity contribution in [3.05, 3.63) is 45.4 Å². The fraction of sp³-hybridized carbons (Fsp3) is 0.154. The van der Waals surface area contributed by atoms with Gasteiger partial charge in [-0.2, -0.15) is 0 Å². The molecule has 0 saturated heterocycles. The zero-order chi connectivity index (χ0) is 14.1. The van der Waals surface area contributed by atoms with Crippen LogP contribution in [0, 0.1) is 0 Å². The molecule has 0 aliphatic carbocycles. The van der Waals surface area contributed by atoms with Crippen molar-refractivity contribution in [2.45, 2.75) is 12.5 Å². The van der Waals surface area contributed by atoms with E-state index in [9.17, 15) is 9.59 Å². The number of carbonyl (C=O) groups excluding carboxylic acids is 2. The smallest absolute Gasteiger partial charge is 0.339 e. The number of hydrogen-bond donors (Lipinski definition) is 1. The minimum Gasteiger partial charge on any atom is -0.448 e. The maximum absolute atomic E-state index is 12.1. The Morgan fingerprint density at radius 1 is 1.50 bits per heavy atom. The van der Waals surface area contributed by atoms with E-state index in [2.05, 4.69) is 26.2 Å². The van der Waals surface area contributed by atoms with Crippen LogP contribution in [0.4, 0.5) is 5.13 Å². The number of nitrogens with one attached hydrogen (secondary N) is 1. The number of hydrogen-bond acceptors (Lipinski definition) is 5. The number of cyclic esters (lactones) is 1. The molecular weight excluding hydrogens is 344 g/mol. The monoisotopic (exact) mass is 352 g/mol. The van der Waals surface area contributed by atoms with Gasteiger partial charge < -0.3 is 4.74 Å². The Bertz CT molecular complexity index is 672. The molecule has 0 fully saturated rings. The average Bonchev–Trinajstić information content (AvgIpc) is 2.90. The Hall–Kier alpha value is -1.73. The minimum absolute atomic E-state index is 0.359. The normalized spacial score (nSPS) is 17.2. The lowest BCUT2D eigenvalue weighted by Crippen LogP contribution is -2.37. The van der Waals surface area contributed by atoms with Gasteiger partial charge in [0.15, 0.2) is 11.2 Å². The number of thiazole rings is 1. The highest BCUT2D eigenvalue weighted by Crippen LogP contribution is 2.25. The van der Waals surface area contributed by atoms with Crippen molar-refractivity contribution < 1.29 is 14.3 Å². The van der Waals surface area contributed by atoms with Gasteiger partial charge in [0.25, 0.3) is 5.91 Å². The standard InChI is InChI=1S/C13H9BrN2O3S/c14-8-1-2-9-7(5-8)6-10(19-12(9)18)11(17)16-13-15-3-4-20-13/h1-5,10H,6H2,(H,15,16,17)/t10-/m1/s1. The largest absolute Gasteiger partial charge is 0.448 e. The van der Waals surface area contributed by atoms with E-state index in [0.29, 0.717) is 17.1 Å². The first-order valence-corrected chi connectivity index (χ1v) is 7.50. The molecule has 1 amide bonds. The van der Waals surface area contributed by atoms with Gasteiger partial charge in [-0.05, 0) is 23.8 Å². The van der Waals surface area contributed by atoms with Crippen LogP contribution in [-0.2, 0) is 16.0 Å². The van der Waals surface area contributed by atoms with E-state index < -0.39 is 12.1 Å². The third-order valence-electron chi connectivity index (χ3n) is 2.90. The lowest BCUT2D eigenvalue weighted by atomic mass is 9.98. The SMILES string of the molecule is O=C1O[C@@H](C(=O)Nc2nccs2)Cc2cc(Br)ccc21. The molecule has 1 aromatic carbocycles. The first kappa shape index (κ1) is 13.3. The predicted molar refractivity (Wildman–Crippen MR) is 77.8 cm³/mol. The molecule has 2 aromatic rings. The molecule has 1 aromatic heterocycles. The van der Waals surface area contributed by atoms with Gasteiger partial charge in [-0.25, -0.2) is 9.78 Å². The number of benzene rings is 1. The summed E-state index contributed by atoms with van der Waals surface area (Å²) in [5.74, 6) is -0.836. The van der Waals surface area contributed by atoms with Crippen LogP contribution < -0.4 is 5.32 Å². The zero-order valence-corrected chi connectivity index (χ0v) is 12.5. The number of fused-ring (bicyclic) bond motifs is 1. The number of esters is 1. The minimum atomic E-state index is -0.826. The first-order valence-electron chi connectivity index (χ1n) is 5.83. The Morgan fingerprint density at radius 2 is 2.35 bits per heavy atom. The second-order valence-electron chi connectivity index (χ2n) is 4.23. The highest BCUT2D eigenvalue weighted by Gasteiger charge is 2.31. The third kappa shape index (κ3) is 2.59. The quantitative estimate of drug-likeness (QED) is 0.843. The van der Waals surface area contributed by atoms with E-state index in [4.69, 9.17) is 4.74 Å². The predicted octanol–water partition coefficient (Wildman–Crippen LogP) is 2.63. The molecule has 0 radical (unpaired) electrons. The van der Waals surface area contributed by atoms with Crippen LogP contribution in [0.2, 0.25) is 0 Å². The Morgan fingerprint density at radius 3 is 3.10 bits per heavy atom. The van der Waals surface area contributed by atoms with Gasteiger partial charge in [-0.3, -0.25) is 10.1 Å². The van der Waals surface area contributed by atoms with E-state index in [-0.39, 0.29) is 5.91 Å². The summed E-state index contributed by atoms with van der Waals surface area (Å²) in [5, 5.41) is 4.89. The van der Waals surface area contributed by atoms with Gasteiger partial charge in [0.2, 0.25) is 0 Å². The summed E-state index contributed by atoms with van der Waals surface area (Å²) >= 11 is 4.67. The molecule has 102 valence electrons. The van der Waals surface area contributed by atoms with E-state index in [0.717, 1.165) is 10.0 Å². The van der Waals surface area contributed by atoms with Gasteiger partial charge in [0.05, 0.1) is 5.56 Å². The van der Waals surface area contributed by atoms with Crippen LogP contribution in [0.1, 0.15) is 15.9 Å². The van der Waals surface area contributed by atoms with Gasteiger partial charge in [-0.1, -0.05) is 15.9 Å². The summed E-state index contributed by atoms with van der Waals surface area (Å²) in [6.07, 6.45) is 1.13. The van der Waals surface area contributed by atoms with Gasteiger partial charge in [0, 0.05) is 22.5 Å². The number of anilines is 1. The summed E-state index contributed by atoms with van der Waals surface area (Å²) in [5.41, 5.74) is 1.31. The summed E-state index contributed by atoms with van der Waals surface area (Å²) in [4.78, 5) is 27.9. The molecule has 2 heterocycles. The summed E-state index contributed by atoms with van der Waals surface area (Å²) in [6.45, 7) is 0. The fourth-order valence-electron chi connectivity index (χ4n) is 1.98. The lowest BCUT2D eigenvalue weighted by Gasteiger charge is -2.23. The number of nitrogens with zero attached hydrogens (tertiary/aromatic N) is 1. The molecule has 0 unspecified atom stereocenters. The number of aromatic nitrogens is 1. The van der Waals surface area contributed by atoms with Crippen LogP contribution in [0.3, 0.4) is 0 Å². The topological polar surface area (TPSA) is 68.3 Å². The van der Waals surface area contributed by atoms with Crippen LogP contribution >= 0.6 is 27.3 Å². The maximum Gasteiger partial charge on any atom is 0.339 e. The van der Waals surface area contributed by atoms with E-state index in [1.165, 1.54) is 11.3 Å². The van der Waals surface area contributed by atoms with Crippen molar-refractivity contribution in [3.63, 3.8) is 0 Å². The summed E-state index contributed by atoms with van der Waals surface area (Å²) < 4.78 is 6.04. The lowest BCUT2D eigenvalue weighted by molar-refractivity contribution is -0.125. The van der Waals surface area contributed by atoms with Gasteiger partial charge in [-0.15, -0.1) is 11.3 Å². The number of ether oxygens (including phenoxy) is 1. The van der Waals surface area contributed by atoms with Crippen molar-refractivity contribution in [3.8, 4) is 0 Å². The molecule has 1 N–H and O–H groups in total. The molecule has 20 heavy (non-hydrogen) atoms. The fourth-order valence-corrected chi connectivity index (χ4v) is 2.92. The van der Waals surface area contributed by atoms with Gasteiger partial charge in [0.1, 0.15) is 0 Å². The molecule has 0 saturated carbocycles. The molecule has 3 rings (SSSR count). The number of carbonyl (C=O) groups is 2. The molecule has 1 atom stereocenters. The number of halogens is 1. The Kier molecular flexibility index (Phi) is 3.54. The molecule has 7 heteroatoms. The summed E-state index contributed by atoms with van der Waals surface area (Å²) in [6, 6.07) is 5.30. The van der Waals surface area contributed by atoms with Gasteiger partial charge >= 0.3 is 5.97 Å². The van der Waals surface area contributed by atoms with Crippen LogP contribution in [0.25, 0.3) is 0 Å². The highest BCUT2D eigenvalue weighted by molar-refractivity contribution is 9.10. The maximum atomic E-state index is 12.1. The Labute approximate surface area is 127 Å². The number of rotatable bonds is 2. The molecule has 1 aliphatic heterocycles. The zero-order valence-electron chi connectivity index (χ0n) is 10.1. The first-order chi connectivity index (χ1) is 9.63. The van der Waals surface area contributed by atoms with Crippen molar-refractivity contribution in [1.82, 2.24) is 4.98 Å². The molecule has 5 nitrogen and oxygen atoms in total. The van der Waals surface area contributed by atoms with Crippen LogP contribution in [0.5, 0.6) is 0 Å². The van der Waals surface area contributed by atoms with Crippen molar-refractivity contribution >= 4 is 44.3 Å². The van der Waals surface area contributed by atoms with Crippen molar-refractivity contribution in [2.75, 3.05) is 5.32 Å². The van der Waals surface area contributed by atoms with E-state index in [1.54, 1.807) is 23.7 Å². The Balaban J connectivity index is 1.80. The third-order valence-corrected chi connectivity index (χ3v) is 4.08. The molecule has 0 spiro atoms. The molecule has 1 aliphatic rings. The molecular formula is C13H9BrN2O3S.